The van der Waals surface area contributed by atoms with Crippen LogP contribution < -0.4 is 10.2 Å². The average molecular weight is 284 g/mol. The molecule has 0 aliphatic rings. The molecule has 0 spiro atoms. The van der Waals surface area contributed by atoms with Crippen LogP contribution in [0.25, 0.3) is 0 Å². The zero-order valence-electron chi connectivity index (χ0n) is 13.2. The quantitative estimate of drug-likeness (QED) is 0.759. The molecule has 0 saturated carbocycles. The highest BCUT2D eigenvalue weighted by molar-refractivity contribution is 5.52. The smallest absolute Gasteiger partial charge is 0.149 e. The van der Waals surface area contributed by atoms with Crippen molar-refractivity contribution < 1.29 is 8.78 Å². The van der Waals surface area contributed by atoms with E-state index in [2.05, 4.69) is 12.2 Å². The number of hydrogen-bond donors (Lipinski definition) is 1. The molecule has 1 rings (SSSR count). The van der Waals surface area contributed by atoms with Gasteiger partial charge in [0.2, 0.25) is 0 Å². The topological polar surface area (TPSA) is 15.3 Å². The Morgan fingerprint density at radius 3 is 2.15 bits per heavy atom. The summed E-state index contributed by atoms with van der Waals surface area (Å²) in [5, 5.41) is 3.15. The van der Waals surface area contributed by atoms with Gasteiger partial charge in [-0.25, -0.2) is 8.78 Å². The molecule has 0 aliphatic carbocycles. The Hall–Kier alpha value is -1.16. The van der Waals surface area contributed by atoms with Crippen molar-refractivity contribution in [1.82, 2.24) is 5.32 Å². The molecule has 20 heavy (non-hydrogen) atoms. The van der Waals surface area contributed by atoms with E-state index >= 15 is 0 Å². The van der Waals surface area contributed by atoms with Crippen molar-refractivity contribution in [3.05, 3.63) is 29.3 Å². The van der Waals surface area contributed by atoms with Gasteiger partial charge < -0.3 is 10.2 Å². The van der Waals surface area contributed by atoms with Crippen LogP contribution in [0.15, 0.2) is 12.1 Å². The summed E-state index contributed by atoms with van der Waals surface area (Å²) in [5.41, 5.74) is 0.403. The van der Waals surface area contributed by atoms with Crippen LogP contribution in [0.2, 0.25) is 0 Å². The molecule has 1 N–H and O–H groups in total. The molecule has 0 radical (unpaired) electrons. The van der Waals surface area contributed by atoms with Crippen molar-refractivity contribution in [2.45, 2.75) is 52.6 Å². The predicted molar refractivity (Wildman–Crippen MR) is 81.1 cm³/mol. The van der Waals surface area contributed by atoms with Crippen LogP contribution in [0.5, 0.6) is 0 Å². The van der Waals surface area contributed by atoms with E-state index in [0.29, 0.717) is 12.1 Å². The van der Waals surface area contributed by atoms with Gasteiger partial charge in [-0.3, -0.25) is 0 Å². The molecular formula is C16H26F2N2. The average Bonchev–Trinajstić information content (AvgIpc) is 2.38. The lowest BCUT2D eigenvalue weighted by Crippen LogP contribution is -2.41. The molecule has 0 bridgehead atoms. The fraction of sp³-hybridized carbons (Fsp3) is 0.625. The highest BCUT2D eigenvalue weighted by Gasteiger charge is 2.26. The summed E-state index contributed by atoms with van der Waals surface area (Å²) in [4.78, 5) is 1.68. The lowest BCUT2D eigenvalue weighted by Gasteiger charge is -2.37. The van der Waals surface area contributed by atoms with E-state index in [-0.39, 0.29) is 11.2 Å². The molecule has 0 amide bonds. The first kappa shape index (κ1) is 16.9. The van der Waals surface area contributed by atoms with Gasteiger partial charge in [-0.1, -0.05) is 13.8 Å². The van der Waals surface area contributed by atoms with Gasteiger partial charge >= 0.3 is 0 Å². The van der Waals surface area contributed by atoms with E-state index in [1.54, 1.807) is 11.9 Å². The molecular weight excluding hydrogens is 258 g/mol. The Balaban J connectivity index is 3.00. The van der Waals surface area contributed by atoms with E-state index in [1.807, 2.05) is 20.8 Å². The van der Waals surface area contributed by atoms with Crippen LogP contribution >= 0.6 is 0 Å². The zero-order valence-corrected chi connectivity index (χ0v) is 13.2. The van der Waals surface area contributed by atoms with Crippen molar-refractivity contribution >= 4 is 5.69 Å². The van der Waals surface area contributed by atoms with Crippen LogP contribution in [0.1, 0.15) is 46.1 Å². The van der Waals surface area contributed by atoms with Gasteiger partial charge in [-0.2, -0.15) is 0 Å². The van der Waals surface area contributed by atoms with Crippen molar-refractivity contribution in [3.63, 3.8) is 0 Å². The predicted octanol–water partition coefficient (Wildman–Crippen LogP) is 4.09. The monoisotopic (exact) mass is 284 g/mol. The number of nitrogens with zero attached hydrogens (tertiary/aromatic N) is 1. The van der Waals surface area contributed by atoms with E-state index in [1.165, 1.54) is 12.1 Å². The summed E-state index contributed by atoms with van der Waals surface area (Å²) < 4.78 is 28.5. The molecule has 0 atom stereocenters. The SMILES string of the molecule is CCCNCc1cc(F)c(N(C)C(C)(C)CC)c(F)c1. The Labute approximate surface area is 121 Å². The summed E-state index contributed by atoms with van der Waals surface area (Å²) in [7, 11) is 1.74. The summed E-state index contributed by atoms with van der Waals surface area (Å²) in [6.07, 6.45) is 1.80. The van der Waals surface area contributed by atoms with E-state index in [4.69, 9.17) is 0 Å². The van der Waals surface area contributed by atoms with Crippen LogP contribution in [0.4, 0.5) is 14.5 Å². The number of rotatable bonds is 7. The normalized spacial score (nSPS) is 11.8. The maximum absolute atomic E-state index is 14.2. The molecule has 1 aromatic rings. The fourth-order valence-electron chi connectivity index (χ4n) is 1.99. The van der Waals surface area contributed by atoms with E-state index in [9.17, 15) is 8.78 Å². The highest BCUT2D eigenvalue weighted by Crippen LogP contribution is 2.30. The van der Waals surface area contributed by atoms with Crippen LogP contribution in [0.3, 0.4) is 0 Å². The second-order valence-electron chi connectivity index (χ2n) is 5.81. The molecule has 1 aromatic carbocycles. The summed E-state index contributed by atoms with van der Waals surface area (Å²) >= 11 is 0. The zero-order chi connectivity index (χ0) is 15.3. The van der Waals surface area contributed by atoms with Crippen molar-refractivity contribution in [1.29, 1.82) is 0 Å². The minimum absolute atomic E-state index is 0.0519. The van der Waals surface area contributed by atoms with Crippen molar-refractivity contribution in [3.8, 4) is 0 Å². The minimum Gasteiger partial charge on any atom is -0.365 e. The van der Waals surface area contributed by atoms with Crippen LogP contribution in [-0.4, -0.2) is 19.1 Å². The standard InChI is InChI=1S/C16H26F2N2/c1-6-8-19-11-12-9-13(17)15(14(18)10-12)20(5)16(3,4)7-2/h9-10,19H,6-8,11H2,1-5H3. The first-order chi connectivity index (χ1) is 9.33. The minimum atomic E-state index is -0.498. The van der Waals surface area contributed by atoms with Gasteiger partial charge in [0.15, 0.2) is 0 Å². The Kier molecular flexibility index (Phi) is 5.93. The molecule has 0 fully saturated rings. The van der Waals surface area contributed by atoms with Crippen molar-refractivity contribution in [2.75, 3.05) is 18.5 Å². The lowest BCUT2D eigenvalue weighted by molar-refractivity contribution is 0.451. The molecule has 0 unspecified atom stereocenters. The highest BCUT2D eigenvalue weighted by atomic mass is 19.1. The van der Waals surface area contributed by atoms with Crippen molar-refractivity contribution in [2.24, 2.45) is 0 Å². The first-order valence-electron chi connectivity index (χ1n) is 7.26. The summed E-state index contributed by atoms with van der Waals surface area (Å²) in [5.74, 6) is -0.996. The van der Waals surface area contributed by atoms with Gasteiger partial charge in [-0.15, -0.1) is 0 Å². The number of nitrogens with one attached hydrogen (secondary N) is 1. The molecule has 4 heteroatoms. The Morgan fingerprint density at radius 1 is 1.15 bits per heavy atom. The molecule has 0 aliphatic heterocycles. The van der Waals surface area contributed by atoms with E-state index in [0.717, 1.165) is 19.4 Å². The summed E-state index contributed by atoms with van der Waals surface area (Å²) in [6.45, 7) is 9.34. The molecule has 114 valence electrons. The third-order valence-corrected chi connectivity index (χ3v) is 3.94. The van der Waals surface area contributed by atoms with Crippen LogP contribution in [-0.2, 0) is 6.54 Å². The second kappa shape index (κ2) is 7.02. The number of benzene rings is 1. The third-order valence-electron chi connectivity index (χ3n) is 3.94. The number of anilines is 1. The third kappa shape index (κ3) is 3.92. The summed E-state index contributed by atoms with van der Waals surface area (Å²) in [6, 6.07) is 2.84. The lowest BCUT2D eigenvalue weighted by atomic mass is 9.98. The molecule has 2 nitrogen and oxygen atoms in total. The molecule has 0 heterocycles. The number of hydrogen-bond acceptors (Lipinski definition) is 2. The molecule has 0 saturated heterocycles. The Bertz CT molecular complexity index is 421. The number of halogens is 2. The van der Waals surface area contributed by atoms with Gasteiger partial charge in [0.05, 0.1) is 0 Å². The Morgan fingerprint density at radius 2 is 1.70 bits per heavy atom. The first-order valence-corrected chi connectivity index (χ1v) is 7.26. The van der Waals surface area contributed by atoms with Gasteiger partial charge in [-0.05, 0) is 50.9 Å². The van der Waals surface area contributed by atoms with Gasteiger partial charge in [0, 0.05) is 19.1 Å². The van der Waals surface area contributed by atoms with Gasteiger partial charge in [0.25, 0.3) is 0 Å². The largest absolute Gasteiger partial charge is 0.365 e. The fourth-order valence-corrected chi connectivity index (χ4v) is 1.99. The second-order valence-corrected chi connectivity index (χ2v) is 5.81. The maximum atomic E-state index is 14.2. The van der Waals surface area contributed by atoms with Crippen LogP contribution in [0, 0.1) is 11.6 Å². The molecule has 0 aromatic heterocycles. The maximum Gasteiger partial charge on any atom is 0.149 e. The van der Waals surface area contributed by atoms with E-state index < -0.39 is 11.6 Å². The van der Waals surface area contributed by atoms with Gasteiger partial charge in [0.1, 0.15) is 17.3 Å².